The number of hydrogen-bond acceptors (Lipinski definition) is 4. The van der Waals surface area contributed by atoms with Crippen LogP contribution in [0, 0.1) is 0 Å². The number of hydrogen-bond donors (Lipinski definition) is 2. The highest BCUT2D eigenvalue weighted by atomic mass is 16.5. The van der Waals surface area contributed by atoms with E-state index in [4.69, 9.17) is 15.2 Å². The van der Waals surface area contributed by atoms with Gasteiger partial charge in [-0.1, -0.05) is 30.3 Å². The molecule has 0 unspecified atom stereocenters. The smallest absolute Gasteiger partial charge is 0.188 e. The van der Waals surface area contributed by atoms with Gasteiger partial charge in [0.15, 0.2) is 17.5 Å². The Bertz CT molecular complexity index is 822. The van der Waals surface area contributed by atoms with E-state index in [2.05, 4.69) is 39.5 Å². The van der Waals surface area contributed by atoms with Gasteiger partial charge in [0.1, 0.15) is 0 Å². The lowest BCUT2D eigenvalue weighted by molar-refractivity contribution is 0.252. The van der Waals surface area contributed by atoms with E-state index in [0.717, 1.165) is 69.0 Å². The van der Waals surface area contributed by atoms with Crippen LogP contribution in [0.5, 0.6) is 11.5 Å². The Balaban J connectivity index is 1.35. The third-order valence-electron chi connectivity index (χ3n) is 5.29. The second-order valence-corrected chi connectivity index (χ2v) is 7.28. The third kappa shape index (κ3) is 6.12. The molecule has 156 valence electrons. The van der Waals surface area contributed by atoms with Crippen molar-refractivity contribution < 1.29 is 9.47 Å². The van der Waals surface area contributed by atoms with Gasteiger partial charge in [-0.05, 0) is 48.1 Å². The monoisotopic (exact) mass is 396 g/mol. The van der Waals surface area contributed by atoms with Gasteiger partial charge in [0.25, 0.3) is 0 Å². The fraction of sp³-hybridized carbons (Fsp3) is 0.435. The van der Waals surface area contributed by atoms with Crippen LogP contribution in [0.1, 0.15) is 23.1 Å². The van der Waals surface area contributed by atoms with E-state index in [0.29, 0.717) is 5.96 Å². The minimum Gasteiger partial charge on any atom is -0.493 e. The van der Waals surface area contributed by atoms with Crippen LogP contribution < -0.4 is 20.5 Å². The first-order chi connectivity index (χ1) is 14.2. The maximum Gasteiger partial charge on any atom is 0.188 e. The van der Waals surface area contributed by atoms with Crippen molar-refractivity contribution in [2.24, 2.45) is 10.7 Å². The molecule has 6 heteroatoms. The lowest BCUT2D eigenvalue weighted by Gasteiger charge is -2.28. The fourth-order valence-corrected chi connectivity index (χ4v) is 3.67. The number of nitrogens with zero attached hydrogens (tertiary/aromatic N) is 2. The lowest BCUT2D eigenvalue weighted by Crippen LogP contribution is -2.34. The van der Waals surface area contributed by atoms with Gasteiger partial charge < -0.3 is 20.5 Å². The first-order valence-electron chi connectivity index (χ1n) is 10.2. The molecule has 1 aliphatic heterocycles. The number of aliphatic imine (C=N–C) groups is 1. The molecule has 0 amide bonds. The number of fused-ring (bicyclic) bond motifs is 1. The van der Waals surface area contributed by atoms with Gasteiger partial charge in [0.05, 0.1) is 14.2 Å². The molecule has 0 fully saturated rings. The Hall–Kier alpha value is -2.73. The molecular weight excluding hydrogens is 364 g/mol. The quantitative estimate of drug-likeness (QED) is 0.387. The number of ether oxygens (including phenoxy) is 2. The minimum absolute atomic E-state index is 0.509. The van der Waals surface area contributed by atoms with Gasteiger partial charge in [-0.25, -0.2) is 0 Å². The highest BCUT2D eigenvalue weighted by Crippen LogP contribution is 2.27. The summed E-state index contributed by atoms with van der Waals surface area (Å²) in [5.74, 6) is 1.99. The Labute approximate surface area is 173 Å². The van der Waals surface area contributed by atoms with Crippen molar-refractivity contribution in [3.63, 3.8) is 0 Å². The van der Waals surface area contributed by atoms with E-state index < -0.39 is 0 Å². The van der Waals surface area contributed by atoms with E-state index in [1.807, 2.05) is 18.2 Å². The van der Waals surface area contributed by atoms with Crippen molar-refractivity contribution in [3.8, 4) is 11.5 Å². The molecule has 3 N–H and O–H groups in total. The van der Waals surface area contributed by atoms with E-state index in [-0.39, 0.29) is 0 Å². The number of methoxy groups -OCH3 is 2. The molecule has 0 radical (unpaired) electrons. The molecule has 0 atom stereocenters. The summed E-state index contributed by atoms with van der Waals surface area (Å²) in [5.41, 5.74) is 10.1. The second kappa shape index (κ2) is 10.7. The number of nitrogens with one attached hydrogen (secondary N) is 1. The number of guanidine groups is 1. The zero-order valence-electron chi connectivity index (χ0n) is 17.5. The van der Waals surface area contributed by atoms with Gasteiger partial charge in [0, 0.05) is 32.7 Å². The summed E-state index contributed by atoms with van der Waals surface area (Å²) in [7, 11) is 3.29. The molecule has 6 nitrogen and oxygen atoms in total. The first kappa shape index (κ1) is 21.0. The molecule has 0 aliphatic carbocycles. The standard InChI is InChI=1S/C23H32N4O2/c1-28-21-9-8-18(16-22(21)29-2)10-13-26-23(24)25-12-5-14-27-15-11-19-6-3-4-7-20(19)17-27/h3-4,6-9,16H,5,10-15,17H2,1-2H3,(H3,24,25,26). The summed E-state index contributed by atoms with van der Waals surface area (Å²) in [6.07, 6.45) is 2.99. The van der Waals surface area contributed by atoms with Crippen molar-refractivity contribution in [1.29, 1.82) is 0 Å². The summed E-state index contributed by atoms with van der Waals surface area (Å²) >= 11 is 0. The maximum atomic E-state index is 6.00. The Morgan fingerprint density at radius 2 is 1.90 bits per heavy atom. The van der Waals surface area contributed by atoms with E-state index in [1.54, 1.807) is 14.2 Å². The van der Waals surface area contributed by atoms with E-state index in [1.165, 1.54) is 11.1 Å². The zero-order chi connectivity index (χ0) is 20.5. The molecule has 2 aromatic rings. The molecule has 29 heavy (non-hydrogen) atoms. The fourth-order valence-electron chi connectivity index (χ4n) is 3.67. The first-order valence-corrected chi connectivity index (χ1v) is 10.2. The van der Waals surface area contributed by atoms with Gasteiger partial charge in [0.2, 0.25) is 0 Å². The van der Waals surface area contributed by atoms with Crippen molar-refractivity contribution in [2.75, 3.05) is 40.4 Å². The molecule has 0 bridgehead atoms. The van der Waals surface area contributed by atoms with Gasteiger partial charge in [-0.3, -0.25) is 9.89 Å². The number of nitrogens with two attached hydrogens (primary N) is 1. The maximum absolute atomic E-state index is 6.00. The summed E-state index contributed by atoms with van der Waals surface area (Å²) < 4.78 is 10.6. The van der Waals surface area contributed by atoms with E-state index >= 15 is 0 Å². The number of benzene rings is 2. The zero-order valence-corrected chi connectivity index (χ0v) is 17.5. The summed E-state index contributed by atoms with van der Waals surface area (Å²) in [4.78, 5) is 6.96. The second-order valence-electron chi connectivity index (χ2n) is 7.28. The van der Waals surface area contributed by atoms with Crippen molar-refractivity contribution >= 4 is 5.96 Å². The average molecular weight is 397 g/mol. The van der Waals surface area contributed by atoms with Crippen molar-refractivity contribution in [3.05, 3.63) is 59.2 Å². The Morgan fingerprint density at radius 3 is 2.69 bits per heavy atom. The highest BCUT2D eigenvalue weighted by Gasteiger charge is 2.14. The van der Waals surface area contributed by atoms with Crippen LogP contribution in [0.3, 0.4) is 0 Å². The van der Waals surface area contributed by atoms with Crippen LogP contribution in [0.15, 0.2) is 47.5 Å². The summed E-state index contributed by atoms with van der Waals surface area (Å²) in [6.45, 7) is 4.69. The topological polar surface area (TPSA) is 72.1 Å². The largest absolute Gasteiger partial charge is 0.493 e. The van der Waals surface area contributed by atoms with Crippen LogP contribution in [-0.2, 0) is 19.4 Å². The Kier molecular flexibility index (Phi) is 7.76. The lowest BCUT2D eigenvalue weighted by atomic mass is 10.00. The van der Waals surface area contributed by atoms with Crippen LogP contribution in [-0.4, -0.2) is 51.3 Å². The average Bonchev–Trinajstić information content (AvgIpc) is 2.76. The SMILES string of the molecule is COc1ccc(CCNC(N)=NCCCN2CCc3ccccc3C2)cc1OC. The minimum atomic E-state index is 0.509. The molecule has 0 aromatic heterocycles. The molecule has 2 aromatic carbocycles. The predicted molar refractivity (Wildman–Crippen MR) is 118 cm³/mol. The van der Waals surface area contributed by atoms with Crippen LogP contribution >= 0.6 is 0 Å². The van der Waals surface area contributed by atoms with Crippen LogP contribution in [0.2, 0.25) is 0 Å². The third-order valence-corrected chi connectivity index (χ3v) is 5.29. The molecule has 1 aliphatic rings. The summed E-state index contributed by atoms with van der Waals surface area (Å²) in [5, 5.41) is 3.19. The van der Waals surface area contributed by atoms with E-state index in [9.17, 15) is 0 Å². The molecule has 0 saturated carbocycles. The molecule has 3 rings (SSSR count). The number of rotatable bonds is 9. The highest BCUT2D eigenvalue weighted by molar-refractivity contribution is 5.77. The van der Waals surface area contributed by atoms with Crippen molar-refractivity contribution in [2.45, 2.75) is 25.8 Å². The predicted octanol–water partition coefficient (Wildman–Crippen LogP) is 2.60. The Morgan fingerprint density at radius 1 is 1.10 bits per heavy atom. The molecule has 0 saturated heterocycles. The van der Waals surface area contributed by atoms with Crippen molar-refractivity contribution in [1.82, 2.24) is 10.2 Å². The molecular formula is C23H32N4O2. The van der Waals surface area contributed by atoms with Gasteiger partial charge in [-0.2, -0.15) is 0 Å². The van der Waals surface area contributed by atoms with Gasteiger partial charge in [-0.15, -0.1) is 0 Å². The van der Waals surface area contributed by atoms with Crippen LogP contribution in [0.25, 0.3) is 0 Å². The molecule has 0 spiro atoms. The van der Waals surface area contributed by atoms with Crippen LogP contribution in [0.4, 0.5) is 0 Å². The summed E-state index contributed by atoms with van der Waals surface area (Å²) in [6, 6.07) is 14.7. The van der Waals surface area contributed by atoms with Gasteiger partial charge >= 0.3 is 0 Å². The molecule has 1 heterocycles. The normalized spacial score (nSPS) is 14.3.